The van der Waals surface area contributed by atoms with Gasteiger partial charge in [0.25, 0.3) is 0 Å². The molecule has 2 aliphatic rings. The molecule has 1 aromatic heterocycles. The number of benzene rings is 1. The molecule has 2 atom stereocenters. The van der Waals surface area contributed by atoms with Crippen LogP contribution in [0.4, 0.5) is 0 Å². The van der Waals surface area contributed by atoms with Crippen LogP contribution in [0.3, 0.4) is 0 Å². The van der Waals surface area contributed by atoms with E-state index < -0.39 is 0 Å². The predicted molar refractivity (Wildman–Crippen MR) is 83.4 cm³/mol. The fourth-order valence-corrected chi connectivity index (χ4v) is 3.18. The SMILES string of the molecule is Cc1ncc(CN2C[C@@H]3ON=C(c4ccccc4)[C@H]3C2)cn1. The van der Waals surface area contributed by atoms with E-state index in [1.54, 1.807) is 0 Å². The van der Waals surface area contributed by atoms with Crippen molar-refractivity contribution in [3.63, 3.8) is 0 Å². The van der Waals surface area contributed by atoms with Crippen LogP contribution < -0.4 is 0 Å². The molecule has 5 heteroatoms. The van der Waals surface area contributed by atoms with Gasteiger partial charge in [0.1, 0.15) is 11.9 Å². The van der Waals surface area contributed by atoms with Crippen molar-refractivity contribution in [1.29, 1.82) is 0 Å². The van der Waals surface area contributed by atoms with Crippen molar-refractivity contribution in [2.24, 2.45) is 11.1 Å². The number of aryl methyl sites for hydroxylation is 1. The third kappa shape index (κ3) is 2.48. The lowest BCUT2D eigenvalue weighted by molar-refractivity contribution is 0.0745. The van der Waals surface area contributed by atoms with Gasteiger partial charge in [-0.1, -0.05) is 35.5 Å². The highest BCUT2D eigenvalue weighted by atomic mass is 16.6. The molecule has 22 heavy (non-hydrogen) atoms. The van der Waals surface area contributed by atoms with Crippen LogP contribution in [0, 0.1) is 12.8 Å². The summed E-state index contributed by atoms with van der Waals surface area (Å²) in [6.07, 6.45) is 3.98. The average Bonchev–Trinajstić information content (AvgIpc) is 3.10. The van der Waals surface area contributed by atoms with E-state index in [0.29, 0.717) is 5.92 Å². The summed E-state index contributed by atoms with van der Waals surface area (Å²) in [5.41, 5.74) is 3.38. The molecule has 112 valence electrons. The first-order chi connectivity index (χ1) is 10.8. The van der Waals surface area contributed by atoms with Crippen molar-refractivity contribution in [3.8, 4) is 0 Å². The molecule has 1 aromatic carbocycles. The van der Waals surface area contributed by atoms with E-state index in [0.717, 1.165) is 42.3 Å². The van der Waals surface area contributed by atoms with Gasteiger partial charge in [0, 0.05) is 37.6 Å². The van der Waals surface area contributed by atoms with E-state index in [1.165, 1.54) is 0 Å². The minimum absolute atomic E-state index is 0.168. The van der Waals surface area contributed by atoms with Crippen LogP contribution in [0.2, 0.25) is 0 Å². The molecule has 1 fully saturated rings. The van der Waals surface area contributed by atoms with Crippen molar-refractivity contribution >= 4 is 5.71 Å². The van der Waals surface area contributed by atoms with Gasteiger partial charge in [0.2, 0.25) is 0 Å². The second-order valence-corrected chi connectivity index (χ2v) is 5.93. The van der Waals surface area contributed by atoms with Crippen LogP contribution >= 0.6 is 0 Å². The largest absolute Gasteiger partial charge is 0.390 e. The highest BCUT2D eigenvalue weighted by molar-refractivity contribution is 6.03. The van der Waals surface area contributed by atoms with Crippen LogP contribution in [0.1, 0.15) is 17.0 Å². The number of aromatic nitrogens is 2. The maximum atomic E-state index is 5.65. The molecule has 5 nitrogen and oxygen atoms in total. The van der Waals surface area contributed by atoms with Gasteiger partial charge in [-0.2, -0.15) is 0 Å². The van der Waals surface area contributed by atoms with Gasteiger partial charge in [-0.25, -0.2) is 9.97 Å². The smallest absolute Gasteiger partial charge is 0.149 e. The summed E-state index contributed by atoms with van der Waals surface area (Å²) in [6, 6.07) is 10.3. The van der Waals surface area contributed by atoms with Crippen LogP contribution in [-0.2, 0) is 11.4 Å². The Kier molecular flexibility index (Phi) is 3.35. The Hall–Kier alpha value is -2.27. The van der Waals surface area contributed by atoms with Gasteiger partial charge in [-0.3, -0.25) is 4.90 Å². The molecule has 3 heterocycles. The molecule has 0 bridgehead atoms. The second kappa shape index (κ2) is 5.50. The maximum Gasteiger partial charge on any atom is 0.149 e. The number of oxime groups is 1. The molecule has 0 amide bonds. The van der Waals surface area contributed by atoms with E-state index in [-0.39, 0.29) is 6.10 Å². The number of fused-ring (bicyclic) bond motifs is 1. The lowest BCUT2D eigenvalue weighted by Crippen LogP contribution is -2.23. The van der Waals surface area contributed by atoms with Gasteiger partial charge < -0.3 is 4.84 Å². The Labute approximate surface area is 129 Å². The predicted octanol–water partition coefficient (Wildman–Crippen LogP) is 2.02. The number of hydrogen-bond acceptors (Lipinski definition) is 5. The lowest BCUT2D eigenvalue weighted by atomic mass is 9.95. The zero-order valence-corrected chi connectivity index (χ0v) is 12.5. The molecule has 0 saturated carbocycles. The molecule has 4 rings (SSSR count). The number of rotatable bonds is 3. The zero-order valence-electron chi connectivity index (χ0n) is 12.5. The Morgan fingerprint density at radius 3 is 2.68 bits per heavy atom. The summed E-state index contributed by atoms with van der Waals surface area (Å²) in [7, 11) is 0. The Morgan fingerprint density at radius 1 is 1.14 bits per heavy atom. The van der Waals surface area contributed by atoms with Crippen molar-refractivity contribution in [1.82, 2.24) is 14.9 Å². The molecule has 0 aliphatic carbocycles. The van der Waals surface area contributed by atoms with Gasteiger partial charge >= 0.3 is 0 Å². The standard InChI is InChI=1S/C17H18N4O/c1-12-18-7-13(8-19-12)9-21-10-15-16(11-21)22-20-17(15)14-5-3-2-4-6-14/h2-8,15-16H,9-11H2,1H3/t15-,16-/m0/s1. The van der Waals surface area contributed by atoms with E-state index in [2.05, 4.69) is 32.2 Å². The van der Waals surface area contributed by atoms with Crippen molar-refractivity contribution in [3.05, 3.63) is 59.7 Å². The fourth-order valence-electron chi connectivity index (χ4n) is 3.18. The molecule has 0 N–H and O–H groups in total. The first kappa shape index (κ1) is 13.4. The monoisotopic (exact) mass is 294 g/mol. The minimum atomic E-state index is 0.168. The van der Waals surface area contributed by atoms with Crippen molar-refractivity contribution < 1.29 is 4.84 Å². The summed E-state index contributed by atoms with van der Waals surface area (Å²) < 4.78 is 0. The van der Waals surface area contributed by atoms with Gasteiger partial charge in [0.15, 0.2) is 0 Å². The highest BCUT2D eigenvalue weighted by Gasteiger charge is 2.42. The quantitative estimate of drug-likeness (QED) is 0.869. The molecule has 0 spiro atoms. The minimum Gasteiger partial charge on any atom is -0.390 e. The fraction of sp³-hybridized carbons (Fsp3) is 0.353. The van der Waals surface area contributed by atoms with Crippen molar-refractivity contribution in [2.75, 3.05) is 13.1 Å². The molecule has 1 saturated heterocycles. The summed E-state index contributed by atoms with van der Waals surface area (Å²) in [5, 5.41) is 4.31. The molecule has 0 unspecified atom stereocenters. The summed E-state index contributed by atoms with van der Waals surface area (Å²) in [5.74, 6) is 1.16. The zero-order chi connectivity index (χ0) is 14.9. The average molecular weight is 294 g/mol. The molecular weight excluding hydrogens is 276 g/mol. The highest BCUT2D eigenvalue weighted by Crippen LogP contribution is 2.30. The van der Waals surface area contributed by atoms with Crippen LogP contribution in [-0.4, -0.2) is 39.8 Å². The Morgan fingerprint density at radius 2 is 1.91 bits per heavy atom. The normalized spacial score (nSPS) is 24.0. The van der Waals surface area contributed by atoms with E-state index in [4.69, 9.17) is 4.84 Å². The van der Waals surface area contributed by atoms with E-state index in [9.17, 15) is 0 Å². The molecule has 2 aliphatic heterocycles. The summed E-state index contributed by atoms with van der Waals surface area (Å²) >= 11 is 0. The third-order valence-electron chi connectivity index (χ3n) is 4.29. The first-order valence-electron chi connectivity index (χ1n) is 7.58. The Balaban J connectivity index is 1.46. The van der Waals surface area contributed by atoms with E-state index in [1.807, 2.05) is 37.5 Å². The maximum absolute atomic E-state index is 5.65. The molecule has 2 aromatic rings. The topological polar surface area (TPSA) is 50.6 Å². The first-order valence-corrected chi connectivity index (χ1v) is 7.58. The summed E-state index contributed by atoms with van der Waals surface area (Å²) in [6.45, 7) is 4.63. The number of likely N-dealkylation sites (tertiary alicyclic amines) is 1. The van der Waals surface area contributed by atoms with Gasteiger partial charge in [0.05, 0.1) is 11.6 Å². The van der Waals surface area contributed by atoms with Gasteiger partial charge in [-0.15, -0.1) is 0 Å². The number of nitrogens with zero attached hydrogens (tertiary/aromatic N) is 4. The molecule has 0 radical (unpaired) electrons. The Bertz CT molecular complexity index is 684. The van der Waals surface area contributed by atoms with Crippen LogP contribution in [0.25, 0.3) is 0 Å². The number of hydrogen-bond donors (Lipinski definition) is 0. The van der Waals surface area contributed by atoms with Crippen LogP contribution in [0.5, 0.6) is 0 Å². The molecular formula is C17H18N4O. The second-order valence-electron chi connectivity index (χ2n) is 5.93. The van der Waals surface area contributed by atoms with E-state index >= 15 is 0 Å². The summed E-state index contributed by atoms with van der Waals surface area (Å²) in [4.78, 5) is 16.6. The van der Waals surface area contributed by atoms with Crippen molar-refractivity contribution in [2.45, 2.75) is 19.6 Å². The third-order valence-corrected chi connectivity index (χ3v) is 4.29. The lowest BCUT2D eigenvalue weighted by Gasteiger charge is -2.15. The van der Waals surface area contributed by atoms with Gasteiger partial charge in [-0.05, 0) is 12.5 Å². The van der Waals surface area contributed by atoms with Crippen LogP contribution in [0.15, 0.2) is 47.9 Å².